The van der Waals surface area contributed by atoms with Gasteiger partial charge in [-0.25, -0.2) is 4.68 Å². The standard InChI is InChI=1S/C16H24N6O/c1-12-10-18-21(11-12)13(2)16(23)19-15-4-7-17-22(15)14-5-8-20(3)9-6-14/h4,7,10-11,13-14H,5-6,8-9H2,1-3H3,(H,19,23). The Kier molecular flexibility index (Phi) is 4.47. The number of hydrogen-bond acceptors (Lipinski definition) is 4. The molecule has 0 radical (unpaired) electrons. The molecule has 2 aromatic heterocycles. The number of carbonyl (C=O) groups excluding carboxylic acids is 1. The van der Waals surface area contributed by atoms with Crippen molar-refractivity contribution in [3.8, 4) is 0 Å². The van der Waals surface area contributed by atoms with E-state index in [4.69, 9.17) is 0 Å². The first-order valence-corrected chi connectivity index (χ1v) is 8.08. The van der Waals surface area contributed by atoms with Gasteiger partial charge in [0, 0.05) is 12.3 Å². The summed E-state index contributed by atoms with van der Waals surface area (Å²) in [6, 6.07) is 1.85. The third kappa shape index (κ3) is 3.44. The molecule has 1 fully saturated rings. The number of nitrogens with zero attached hydrogens (tertiary/aromatic N) is 5. The molecule has 2 aromatic rings. The van der Waals surface area contributed by atoms with Crippen molar-refractivity contribution < 1.29 is 4.79 Å². The second-order valence-corrected chi connectivity index (χ2v) is 6.36. The highest BCUT2D eigenvalue weighted by atomic mass is 16.2. The Morgan fingerprint density at radius 1 is 1.35 bits per heavy atom. The van der Waals surface area contributed by atoms with Crippen LogP contribution in [-0.4, -0.2) is 50.5 Å². The molecule has 0 aliphatic carbocycles. The predicted molar refractivity (Wildman–Crippen MR) is 88.3 cm³/mol. The van der Waals surface area contributed by atoms with Gasteiger partial charge in [-0.3, -0.25) is 9.48 Å². The van der Waals surface area contributed by atoms with Gasteiger partial charge in [0.1, 0.15) is 11.9 Å². The average Bonchev–Trinajstić information content (AvgIpc) is 3.16. The van der Waals surface area contributed by atoms with Gasteiger partial charge in [-0.1, -0.05) is 0 Å². The van der Waals surface area contributed by atoms with Crippen molar-refractivity contribution in [1.82, 2.24) is 24.5 Å². The number of hydrogen-bond donors (Lipinski definition) is 1. The lowest BCUT2D eigenvalue weighted by Crippen LogP contribution is -2.33. The Labute approximate surface area is 136 Å². The molecular formula is C16H24N6O. The van der Waals surface area contributed by atoms with Crippen molar-refractivity contribution in [1.29, 1.82) is 0 Å². The van der Waals surface area contributed by atoms with Crippen LogP contribution in [0.25, 0.3) is 0 Å². The summed E-state index contributed by atoms with van der Waals surface area (Å²) < 4.78 is 3.63. The summed E-state index contributed by atoms with van der Waals surface area (Å²) in [5, 5.41) is 11.6. The van der Waals surface area contributed by atoms with Crippen LogP contribution < -0.4 is 5.32 Å². The molecule has 0 saturated carbocycles. The van der Waals surface area contributed by atoms with Crippen LogP contribution >= 0.6 is 0 Å². The molecule has 3 heterocycles. The zero-order chi connectivity index (χ0) is 16.4. The molecule has 7 nitrogen and oxygen atoms in total. The largest absolute Gasteiger partial charge is 0.309 e. The molecule has 23 heavy (non-hydrogen) atoms. The third-order valence-corrected chi connectivity index (χ3v) is 4.46. The van der Waals surface area contributed by atoms with Crippen LogP contribution in [0.3, 0.4) is 0 Å². The first-order valence-electron chi connectivity index (χ1n) is 8.08. The summed E-state index contributed by atoms with van der Waals surface area (Å²) in [7, 11) is 2.13. The molecule has 0 aromatic carbocycles. The normalized spacial score (nSPS) is 18.0. The molecular weight excluding hydrogens is 292 g/mol. The van der Waals surface area contributed by atoms with Gasteiger partial charge in [0.25, 0.3) is 0 Å². The highest BCUT2D eigenvalue weighted by Gasteiger charge is 2.23. The molecule has 0 bridgehead atoms. The van der Waals surface area contributed by atoms with Crippen LogP contribution in [0.4, 0.5) is 5.82 Å². The van der Waals surface area contributed by atoms with Crippen molar-refractivity contribution in [2.75, 3.05) is 25.5 Å². The Hall–Kier alpha value is -2.15. The number of rotatable bonds is 4. The maximum Gasteiger partial charge on any atom is 0.250 e. The second-order valence-electron chi connectivity index (χ2n) is 6.36. The summed E-state index contributed by atoms with van der Waals surface area (Å²) in [6.45, 7) is 5.92. The van der Waals surface area contributed by atoms with Crippen LogP contribution in [0.2, 0.25) is 0 Å². The molecule has 1 unspecified atom stereocenters. The second kappa shape index (κ2) is 6.54. The lowest BCUT2D eigenvalue weighted by molar-refractivity contribution is -0.119. The minimum Gasteiger partial charge on any atom is -0.309 e. The number of aromatic nitrogens is 4. The number of likely N-dealkylation sites (tertiary alicyclic amines) is 1. The number of carbonyl (C=O) groups is 1. The Morgan fingerprint density at radius 3 is 2.74 bits per heavy atom. The summed E-state index contributed by atoms with van der Waals surface area (Å²) in [5.41, 5.74) is 1.04. The fourth-order valence-electron chi connectivity index (χ4n) is 2.94. The first kappa shape index (κ1) is 15.7. The van der Waals surface area contributed by atoms with E-state index in [2.05, 4.69) is 27.5 Å². The van der Waals surface area contributed by atoms with Gasteiger partial charge in [0.2, 0.25) is 5.91 Å². The van der Waals surface area contributed by atoms with E-state index in [0.29, 0.717) is 6.04 Å². The number of amides is 1. The number of piperidine rings is 1. The van der Waals surface area contributed by atoms with Gasteiger partial charge in [-0.15, -0.1) is 0 Å². The Morgan fingerprint density at radius 2 is 2.09 bits per heavy atom. The van der Waals surface area contributed by atoms with Crippen molar-refractivity contribution in [2.45, 2.75) is 38.8 Å². The molecule has 1 N–H and O–H groups in total. The average molecular weight is 316 g/mol. The van der Waals surface area contributed by atoms with Crippen LogP contribution in [0.5, 0.6) is 0 Å². The Balaban J connectivity index is 1.68. The molecule has 1 saturated heterocycles. The van der Waals surface area contributed by atoms with Gasteiger partial charge >= 0.3 is 0 Å². The van der Waals surface area contributed by atoms with Crippen LogP contribution in [0.1, 0.15) is 37.4 Å². The van der Waals surface area contributed by atoms with Crippen LogP contribution in [0.15, 0.2) is 24.7 Å². The van der Waals surface area contributed by atoms with Gasteiger partial charge in [0.15, 0.2) is 0 Å². The minimum atomic E-state index is -0.357. The molecule has 0 spiro atoms. The maximum absolute atomic E-state index is 12.5. The number of anilines is 1. The monoisotopic (exact) mass is 316 g/mol. The molecule has 7 heteroatoms. The molecule has 1 aliphatic rings. The fourth-order valence-corrected chi connectivity index (χ4v) is 2.94. The van der Waals surface area contributed by atoms with E-state index in [-0.39, 0.29) is 11.9 Å². The highest BCUT2D eigenvalue weighted by Crippen LogP contribution is 2.25. The van der Waals surface area contributed by atoms with Crippen molar-refractivity contribution >= 4 is 11.7 Å². The topological polar surface area (TPSA) is 68.0 Å². The first-order chi connectivity index (χ1) is 11.0. The summed E-state index contributed by atoms with van der Waals surface area (Å²) in [6.07, 6.45) is 7.48. The van der Waals surface area contributed by atoms with Gasteiger partial charge < -0.3 is 10.2 Å². The fraction of sp³-hybridized carbons (Fsp3) is 0.562. The lowest BCUT2D eigenvalue weighted by Gasteiger charge is -2.30. The highest BCUT2D eigenvalue weighted by molar-refractivity contribution is 5.92. The van der Waals surface area contributed by atoms with E-state index in [1.165, 1.54) is 0 Å². The van der Waals surface area contributed by atoms with E-state index >= 15 is 0 Å². The van der Waals surface area contributed by atoms with E-state index in [9.17, 15) is 4.79 Å². The minimum absolute atomic E-state index is 0.0808. The van der Waals surface area contributed by atoms with Crippen LogP contribution in [-0.2, 0) is 4.79 Å². The Bertz CT molecular complexity index is 668. The maximum atomic E-state index is 12.5. The molecule has 124 valence electrons. The number of aryl methyl sites for hydroxylation is 1. The summed E-state index contributed by atoms with van der Waals surface area (Å²) in [4.78, 5) is 14.8. The SMILES string of the molecule is Cc1cnn(C(C)C(=O)Nc2ccnn2C2CCN(C)CC2)c1. The van der Waals surface area contributed by atoms with Crippen molar-refractivity contribution in [3.63, 3.8) is 0 Å². The van der Waals surface area contributed by atoms with Gasteiger partial charge in [-0.05, 0) is 52.4 Å². The quantitative estimate of drug-likeness (QED) is 0.935. The van der Waals surface area contributed by atoms with Crippen molar-refractivity contribution in [2.24, 2.45) is 0 Å². The van der Waals surface area contributed by atoms with E-state index in [1.807, 2.05) is 30.8 Å². The van der Waals surface area contributed by atoms with Gasteiger partial charge in [0.05, 0.1) is 18.4 Å². The third-order valence-electron chi connectivity index (χ3n) is 4.46. The lowest BCUT2D eigenvalue weighted by atomic mass is 10.1. The summed E-state index contributed by atoms with van der Waals surface area (Å²) >= 11 is 0. The molecule has 1 atom stereocenters. The van der Waals surface area contributed by atoms with E-state index in [1.54, 1.807) is 17.1 Å². The smallest absolute Gasteiger partial charge is 0.250 e. The van der Waals surface area contributed by atoms with E-state index < -0.39 is 0 Å². The predicted octanol–water partition coefficient (Wildman–Crippen LogP) is 1.85. The van der Waals surface area contributed by atoms with Crippen molar-refractivity contribution in [3.05, 3.63) is 30.2 Å². The zero-order valence-electron chi connectivity index (χ0n) is 13.9. The van der Waals surface area contributed by atoms with Gasteiger partial charge in [-0.2, -0.15) is 10.2 Å². The number of nitrogens with one attached hydrogen (secondary N) is 1. The zero-order valence-corrected chi connectivity index (χ0v) is 13.9. The molecule has 3 rings (SSSR count). The van der Waals surface area contributed by atoms with Crippen LogP contribution in [0, 0.1) is 6.92 Å². The van der Waals surface area contributed by atoms with E-state index in [0.717, 1.165) is 37.3 Å². The molecule has 1 amide bonds. The molecule has 1 aliphatic heterocycles. The summed E-state index contributed by atoms with van der Waals surface area (Å²) in [5.74, 6) is 0.683.